The van der Waals surface area contributed by atoms with Crippen LogP contribution in [0.25, 0.3) is 16.9 Å². The van der Waals surface area contributed by atoms with E-state index in [1.54, 1.807) is 14.2 Å². The van der Waals surface area contributed by atoms with E-state index in [4.69, 9.17) is 9.47 Å². The smallest absolute Gasteiger partial charge is 0.148 e. The van der Waals surface area contributed by atoms with E-state index in [0.29, 0.717) is 0 Å². The molecule has 2 aromatic heterocycles. The molecule has 0 aliphatic carbocycles. The van der Waals surface area contributed by atoms with Crippen LogP contribution < -0.4 is 9.47 Å². The lowest BCUT2D eigenvalue weighted by Gasteiger charge is -2.08. The number of pyridine rings is 1. The van der Waals surface area contributed by atoms with Crippen LogP contribution in [0.4, 0.5) is 0 Å². The number of fused-ring (bicyclic) bond motifs is 1. The molecule has 19 heavy (non-hydrogen) atoms. The Morgan fingerprint density at radius 2 is 1.84 bits per heavy atom. The van der Waals surface area contributed by atoms with Crippen LogP contribution in [0.15, 0.2) is 48.8 Å². The van der Waals surface area contributed by atoms with E-state index in [2.05, 4.69) is 4.98 Å². The van der Waals surface area contributed by atoms with Crippen molar-refractivity contribution in [1.29, 1.82) is 0 Å². The second-order valence-corrected chi connectivity index (χ2v) is 4.15. The second kappa shape index (κ2) is 4.65. The number of ether oxygens (including phenoxy) is 2. The van der Waals surface area contributed by atoms with Crippen LogP contribution in [0.5, 0.6) is 11.5 Å². The summed E-state index contributed by atoms with van der Waals surface area (Å²) < 4.78 is 12.6. The SMILES string of the molecule is COc1ccc2cnc(-c3ccccc3OC)n2c1. The molecule has 0 aliphatic heterocycles. The van der Waals surface area contributed by atoms with Gasteiger partial charge in [0.25, 0.3) is 0 Å². The summed E-state index contributed by atoms with van der Waals surface area (Å²) in [5.41, 5.74) is 1.97. The minimum atomic E-state index is 0.793. The van der Waals surface area contributed by atoms with Gasteiger partial charge in [0, 0.05) is 0 Å². The maximum Gasteiger partial charge on any atom is 0.148 e. The van der Waals surface area contributed by atoms with Gasteiger partial charge in [-0.1, -0.05) is 12.1 Å². The first-order valence-corrected chi connectivity index (χ1v) is 5.98. The van der Waals surface area contributed by atoms with Gasteiger partial charge in [0.1, 0.15) is 17.3 Å². The first kappa shape index (κ1) is 11.6. The third-order valence-corrected chi connectivity index (χ3v) is 3.08. The molecule has 0 spiro atoms. The summed E-state index contributed by atoms with van der Waals surface area (Å²) in [6, 6.07) is 11.7. The molecule has 1 aromatic carbocycles. The van der Waals surface area contributed by atoms with Gasteiger partial charge in [0.2, 0.25) is 0 Å². The maximum atomic E-state index is 5.39. The monoisotopic (exact) mass is 254 g/mol. The minimum absolute atomic E-state index is 0.793. The molecule has 0 unspecified atom stereocenters. The first-order valence-electron chi connectivity index (χ1n) is 5.98. The molecule has 96 valence electrons. The Hall–Kier alpha value is -2.49. The Kier molecular flexibility index (Phi) is 2.83. The average Bonchev–Trinajstić information content (AvgIpc) is 2.89. The molecule has 0 radical (unpaired) electrons. The molecule has 0 fully saturated rings. The quantitative estimate of drug-likeness (QED) is 0.720. The Balaban J connectivity index is 2.24. The molecule has 0 saturated heterocycles. The molecular weight excluding hydrogens is 240 g/mol. The normalized spacial score (nSPS) is 10.6. The molecule has 0 N–H and O–H groups in total. The molecule has 3 aromatic rings. The van der Waals surface area contributed by atoms with Crippen molar-refractivity contribution in [3.63, 3.8) is 0 Å². The summed E-state index contributed by atoms with van der Waals surface area (Å²) in [6.07, 6.45) is 3.76. The second-order valence-electron chi connectivity index (χ2n) is 4.15. The lowest BCUT2D eigenvalue weighted by atomic mass is 10.2. The Morgan fingerprint density at radius 3 is 2.63 bits per heavy atom. The van der Waals surface area contributed by atoms with Gasteiger partial charge in [-0.25, -0.2) is 4.98 Å². The van der Waals surface area contributed by atoms with Crippen LogP contribution in [-0.2, 0) is 0 Å². The highest BCUT2D eigenvalue weighted by Gasteiger charge is 2.11. The molecule has 4 heteroatoms. The molecule has 4 nitrogen and oxygen atoms in total. The largest absolute Gasteiger partial charge is 0.496 e. The fourth-order valence-electron chi connectivity index (χ4n) is 2.12. The fourth-order valence-corrected chi connectivity index (χ4v) is 2.12. The molecule has 0 bridgehead atoms. The van der Waals surface area contributed by atoms with Gasteiger partial charge in [0.05, 0.1) is 37.7 Å². The number of aromatic nitrogens is 2. The number of imidazole rings is 1. The third-order valence-electron chi connectivity index (χ3n) is 3.08. The van der Waals surface area contributed by atoms with Gasteiger partial charge in [-0.3, -0.25) is 4.40 Å². The van der Waals surface area contributed by atoms with E-state index in [1.165, 1.54) is 0 Å². The summed E-state index contributed by atoms with van der Waals surface area (Å²) in [5.74, 6) is 2.44. The van der Waals surface area contributed by atoms with Gasteiger partial charge in [-0.15, -0.1) is 0 Å². The van der Waals surface area contributed by atoms with E-state index in [0.717, 1.165) is 28.4 Å². The van der Waals surface area contributed by atoms with Crippen molar-refractivity contribution >= 4 is 5.52 Å². The van der Waals surface area contributed by atoms with Crippen molar-refractivity contribution in [2.45, 2.75) is 0 Å². The zero-order chi connectivity index (χ0) is 13.2. The Bertz CT molecular complexity index is 719. The standard InChI is InChI=1S/C15H14N2O2/c1-18-12-8-7-11-9-16-15(17(11)10-12)13-5-3-4-6-14(13)19-2/h3-10H,1-2H3. The highest BCUT2D eigenvalue weighted by atomic mass is 16.5. The minimum Gasteiger partial charge on any atom is -0.496 e. The van der Waals surface area contributed by atoms with Gasteiger partial charge in [0.15, 0.2) is 0 Å². The van der Waals surface area contributed by atoms with E-state index in [-0.39, 0.29) is 0 Å². The first-order chi connectivity index (χ1) is 9.33. The topological polar surface area (TPSA) is 35.8 Å². The number of nitrogens with zero attached hydrogens (tertiary/aromatic N) is 2. The van der Waals surface area contributed by atoms with Crippen LogP contribution >= 0.6 is 0 Å². The molecule has 0 amide bonds. The predicted octanol–water partition coefficient (Wildman–Crippen LogP) is 3.02. The van der Waals surface area contributed by atoms with Crippen LogP contribution in [-0.4, -0.2) is 23.6 Å². The van der Waals surface area contributed by atoms with Crippen molar-refractivity contribution in [2.24, 2.45) is 0 Å². The molecule has 0 aliphatic rings. The van der Waals surface area contributed by atoms with E-state index in [9.17, 15) is 0 Å². The molecular formula is C15H14N2O2. The number of hydrogen-bond donors (Lipinski definition) is 0. The Labute approximate surface area is 111 Å². The van der Waals surface area contributed by atoms with Crippen LogP contribution in [0, 0.1) is 0 Å². The van der Waals surface area contributed by atoms with Crippen molar-refractivity contribution < 1.29 is 9.47 Å². The summed E-state index contributed by atoms with van der Waals surface area (Å²) in [6.45, 7) is 0. The lowest BCUT2D eigenvalue weighted by molar-refractivity contribution is 0.412. The van der Waals surface area contributed by atoms with Gasteiger partial charge in [-0.05, 0) is 24.3 Å². The van der Waals surface area contributed by atoms with E-state index in [1.807, 2.05) is 53.2 Å². The van der Waals surface area contributed by atoms with Gasteiger partial charge >= 0.3 is 0 Å². The molecule has 3 rings (SSSR count). The summed E-state index contributed by atoms with van der Waals surface area (Å²) in [7, 11) is 3.32. The van der Waals surface area contributed by atoms with E-state index < -0.39 is 0 Å². The number of benzene rings is 1. The van der Waals surface area contributed by atoms with E-state index >= 15 is 0 Å². The highest BCUT2D eigenvalue weighted by molar-refractivity contribution is 5.68. The van der Waals surface area contributed by atoms with Crippen LogP contribution in [0.1, 0.15) is 0 Å². The molecule has 0 saturated carbocycles. The predicted molar refractivity (Wildman–Crippen MR) is 73.7 cm³/mol. The average molecular weight is 254 g/mol. The highest BCUT2D eigenvalue weighted by Crippen LogP contribution is 2.29. The summed E-state index contributed by atoms with van der Waals surface area (Å²) in [4.78, 5) is 4.48. The number of rotatable bonds is 3. The zero-order valence-electron chi connectivity index (χ0n) is 10.8. The summed E-state index contributed by atoms with van der Waals surface area (Å²) >= 11 is 0. The summed E-state index contributed by atoms with van der Waals surface area (Å²) in [5, 5.41) is 0. The number of methoxy groups -OCH3 is 2. The van der Waals surface area contributed by atoms with Gasteiger partial charge in [-0.2, -0.15) is 0 Å². The van der Waals surface area contributed by atoms with Crippen LogP contribution in [0.3, 0.4) is 0 Å². The zero-order valence-corrected chi connectivity index (χ0v) is 10.8. The maximum absolute atomic E-state index is 5.39. The van der Waals surface area contributed by atoms with Crippen molar-refractivity contribution in [1.82, 2.24) is 9.38 Å². The van der Waals surface area contributed by atoms with Crippen molar-refractivity contribution in [2.75, 3.05) is 14.2 Å². The van der Waals surface area contributed by atoms with Crippen LogP contribution in [0.2, 0.25) is 0 Å². The van der Waals surface area contributed by atoms with Crippen molar-refractivity contribution in [3.8, 4) is 22.9 Å². The molecule has 0 atom stereocenters. The number of para-hydroxylation sites is 1. The number of hydrogen-bond acceptors (Lipinski definition) is 3. The lowest BCUT2D eigenvalue weighted by Crippen LogP contribution is -1.94. The van der Waals surface area contributed by atoms with Gasteiger partial charge < -0.3 is 9.47 Å². The van der Waals surface area contributed by atoms with Crippen molar-refractivity contribution in [3.05, 3.63) is 48.8 Å². The third kappa shape index (κ3) is 1.91. The Morgan fingerprint density at radius 1 is 1.00 bits per heavy atom. The fraction of sp³-hybridized carbons (Fsp3) is 0.133. The molecule has 2 heterocycles.